The number of rotatable bonds is 7. The van der Waals surface area contributed by atoms with Crippen molar-refractivity contribution in [3.8, 4) is 0 Å². The van der Waals surface area contributed by atoms with Gasteiger partial charge in [-0.25, -0.2) is 4.68 Å². The van der Waals surface area contributed by atoms with Crippen LogP contribution in [0.3, 0.4) is 0 Å². The first kappa shape index (κ1) is 14.4. The monoisotopic (exact) mass is 267 g/mol. The minimum absolute atomic E-state index is 0.441. The zero-order valence-electron chi connectivity index (χ0n) is 12.0. The van der Waals surface area contributed by atoms with Gasteiger partial charge in [0.05, 0.1) is 18.0 Å². The Hall–Kier alpha value is -0.980. The summed E-state index contributed by atoms with van der Waals surface area (Å²) in [6.45, 7) is 4.24. The highest BCUT2D eigenvalue weighted by molar-refractivity contribution is 5.17. The summed E-state index contributed by atoms with van der Waals surface area (Å²) in [4.78, 5) is 2.19. The zero-order valence-corrected chi connectivity index (χ0v) is 12.0. The molecule has 6 heteroatoms. The van der Waals surface area contributed by atoms with Crippen LogP contribution in [0.1, 0.15) is 30.1 Å². The summed E-state index contributed by atoms with van der Waals surface area (Å²) in [5.74, 6) is 0.441. The van der Waals surface area contributed by atoms with Gasteiger partial charge in [0.25, 0.3) is 0 Å². The molecule has 1 fully saturated rings. The fraction of sp³-hybridized carbons (Fsp3) is 0.846. The van der Waals surface area contributed by atoms with Crippen molar-refractivity contribution in [3.05, 3.63) is 11.4 Å². The van der Waals surface area contributed by atoms with Crippen LogP contribution in [0.5, 0.6) is 0 Å². The van der Waals surface area contributed by atoms with E-state index in [0.717, 1.165) is 51.3 Å². The first-order valence-electron chi connectivity index (χ1n) is 7.07. The first-order chi connectivity index (χ1) is 9.22. The Bertz CT molecular complexity index is 384. The number of aryl methyl sites for hydroxylation is 1. The van der Waals surface area contributed by atoms with Gasteiger partial charge in [0.2, 0.25) is 0 Å². The largest absolute Gasteiger partial charge is 0.381 e. The van der Waals surface area contributed by atoms with Crippen LogP contribution in [0.15, 0.2) is 0 Å². The molecular formula is C13H25N5O. The molecule has 0 amide bonds. The van der Waals surface area contributed by atoms with Crippen molar-refractivity contribution in [2.24, 2.45) is 5.73 Å². The van der Waals surface area contributed by atoms with Crippen molar-refractivity contribution in [1.82, 2.24) is 19.9 Å². The molecule has 0 spiro atoms. The summed E-state index contributed by atoms with van der Waals surface area (Å²) in [6.07, 6.45) is 2.96. The molecule has 0 aromatic carbocycles. The third-order valence-electron chi connectivity index (χ3n) is 3.52. The van der Waals surface area contributed by atoms with Gasteiger partial charge in [-0.2, -0.15) is 0 Å². The van der Waals surface area contributed by atoms with Crippen molar-refractivity contribution in [3.63, 3.8) is 0 Å². The average molecular weight is 267 g/mol. The van der Waals surface area contributed by atoms with E-state index in [-0.39, 0.29) is 0 Å². The van der Waals surface area contributed by atoms with Crippen molar-refractivity contribution >= 4 is 0 Å². The molecule has 1 atom stereocenters. The lowest BCUT2D eigenvalue weighted by Crippen LogP contribution is -2.18. The van der Waals surface area contributed by atoms with Gasteiger partial charge in [0.1, 0.15) is 0 Å². The predicted octanol–water partition coefficient (Wildman–Crippen LogP) is 0.235. The van der Waals surface area contributed by atoms with E-state index in [2.05, 4.69) is 34.0 Å². The van der Waals surface area contributed by atoms with Gasteiger partial charge >= 0.3 is 0 Å². The summed E-state index contributed by atoms with van der Waals surface area (Å²) in [5, 5.41) is 8.63. The molecule has 2 rings (SSSR count). The number of hydrogen-bond donors (Lipinski definition) is 1. The predicted molar refractivity (Wildman–Crippen MR) is 74.1 cm³/mol. The number of nitrogens with two attached hydrogens (primary N) is 1. The second kappa shape index (κ2) is 6.98. The van der Waals surface area contributed by atoms with Crippen LogP contribution in [-0.4, -0.2) is 60.3 Å². The molecule has 0 saturated carbocycles. The fourth-order valence-corrected chi connectivity index (χ4v) is 2.57. The Labute approximate surface area is 114 Å². The van der Waals surface area contributed by atoms with E-state index >= 15 is 0 Å². The first-order valence-corrected chi connectivity index (χ1v) is 7.07. The van der Waals surface area contributed by atoms with Crippen molar-refractivity contribution in [2.75, 3.05) is 40.4 Å². The molecule has 108 valence electrons. The molecule has 1 aliphatic rings. The second-order valence-electron chi connectivity index (χ2n) is 5.40. The molecule has 1 aromatic heterocycles. The van der Waals surface area contributed by atoms with Crippen LogP contribution in [0, 0.1) is 0 Å². The standard InChI is InChI=1S/C13H25N5O/c1-17(2)7-3-8-18-13(11-5-9-19-10-11)12(4-6-14)15-16-18/h11H,3-10,14H2,1-2H3. The molecule has 1 aromatic rings. The van der Waals surface area contributed by atoms with E-state index in [0.29, 0.717) is 12.5 Å². The summed E-state index contributed by atoms with van der Waals surface area (Å²) in [7, 11) is 4.18. The highest BCUT2D eigenvalue weighted by Gasteiger charge is 2.25. The maximum atomic E-state index is 5.66. The van der Waals surface area contributed by atoms with Crippen LogP contribution >= 0.6 is 0 Å². The molecule has 6 nitrogen and oxygen atoms in total. The number of nitrogens with zero attached hydrogens (tertiary/aromatic N) is 4. The lowest BCUT2D eigenvalue weighted by atomic mass is 10.0. The smallest absolute Gasteiger partial charge is 0.0875 e. The quantitative estimate of drug-likeness (QED) is 0.766. The SMILES string of the molecule is CN(C)CCCn1nnc(CCN)c1C1CCOC1. The average Bonchev–Trinajstić information content (AvgIpc) is 2.98. The molecule has 1 saturated heterocycles. The van der Waals surface area contributed by atoms with Gasteiger partial charge in [0.15, 0.2) is 0 Å². The Morgan fingerprint density at radius 1 is 1.47 bits per heavy atom. The molecule has 0 bridgehead atoms. The maximum Gasteiger partial charge on any atom is 0.0875 e. The highest BCUT2D eigenvalue weighted by Crippen LogP contribution is 2.27. The number of aromatic nitrogens is 3. The van der Waals surface area contributed by atoms with E-state index in [1.165, 1.54) is 5.69 Å². The van der Waals surface area contributed by atoms with Gasteiger partial charge in [-0.05, 0) is 40.0 Å². The summed E-state index contributed by atoms with van der Waals surface area (Å²) < 4.78 is 7.57. The summed E-state index contributed by atoms with van der Waals surface area (Å²) in [5.41, 5.74) is 7.97. The molecule has 2 heterocycles. The third-order valence-corrected chi connectivity index (χ3v) is 3.52. The van der Waals surface area contributed by atoms with Crippen LogP contribution in [-0.2, 0) is 17.7 Å². The minimum Gasteiger partial charge on any atom is -0.381 e. The number of hydrogen-bond acceptors (Lipinski definition) is 5. The van der Waals surface area contributed by atoms with Gasteiger partial charge in [-0.1, -0.05) is 5.21 Å². The fourth-order valence-electron chi connectivity index (χ4n) is 2.57. The minimum atomic E-state index is 0.441. The lowest BCUT2D eigenvalue weighted by Gasteiger charge is -2.14. The maximum absolute atomic E-state index is 5.66. The van der Waals surface area contributed by atoms with E-state index < -0.39 is 0 Å². The van der Waals surface area contributed by atoms with Crippen LogP contribution in [0.2, 0.25) is 0 Å². The molecule has 0 aliphatic carbocycles. The lowest BCUT2D eigenvalue weighted by molar-refractivity contribution is 0.192. The second-order valence-corrected chi connectivity index (χ2v) is 5.40. The van der Waals surface area contributed by atoms with E-state index in [1.807, 2.05) is 0 Å². The Balaban J connectivity index is 2.08. The van der Waals surface area contributed by atoms with Crippen molar-refractivity contribution in [2.45, 2.75) is 31.7 Å². The number of ether oxygens (including phenoxy) is 1. The molecule has 1 aliphatic heterocycles. The van der Waals surface area contributed by atoms with E-state index in [9.17, 15) is 0 Å². The van der Waals surface area contributed by atoms with Gasteiger partial charge in [-0.3, -0.25) is 0 Å². The highest BCUT2D eigenvalue weighted by atomic mass is 16.5. The normalized spacial score (nSPS) is 19.5. The van der Waals surface area contributed by atoms with E-state index in [4.69, 9.17) is 10.5 Å². The van der Waals surface area contributed by atoms with Gasteiger partial charge < -0.3 is 15.4 Å². The van der Waals surface area contributed by atoms with Crippen LogP contribution < -0.4 is 5.73 Å². The molecule has 1 unspecified atom stereocenters. The summed E-state index contributed by atoms with van der Waals surface area (Å²) in [6, 6.07) is 0. The van der Waals surface area contributed by atoms with Gasteiger partial charge in [-0.15, -0.1) is 5.10 Å². The van der Waals surface area contributed by atoms with Crippen molar-refractivity contribution in [1.29, 1.82) is 0 Å². The molecular weight excluding hydrogens is 242 g/mol. The summed E-state index contributed by atoms with van der Waals surface area (Å²) >= 11 is 0. The topological polar surface area (TPSA) is 69.2 Å². The van der Waals surface area contributed by atoms with Crippen LogP contribution in [0.25, 0.3) is 0 Å². The van der Waals surface area contributed by atoms with E-state index in [1.54, 1.807) is 0 Å². The zero-order chi connectivity index (χ0) is 13.7. The molecule has 2 N–H and O–H groups in total. The Kier molecular flexibility index (Phi) is 5.30. The Morgan fingerprint density at radius 2 is 2.32 bits per heavy atom. The van der Waals surface area contributed by atoms with Crippen LogP contribution in [0.4, 0.5) is 0 Å². The van der Waals surface area contributed by atoms with Crippen molar-refractivity contribution < 1.29 is 4.74 Å². The molecule has 0 radical (unpaired) electrons. The van der Waals surface area contributed by atoms with Gasteiger partial charge in [0, 0.05) is 25.5 Å². The Morgan fingerprint density at radius 3 is 2.95 bits per heavy atom. The third kappa shape index (κ3) is 3.75. The molecule has 19 heavy (non-hydrogen) atoms.